The van der Waals surface area contributed by atoms with E-state index in [0.717, 1.165) is 33.8 Å². The Kier molecular flexibility index (Phi) is 9.94. The van der Waals surface area contributed by atoms with Gasteiger partial charge in [0.05, 0.1) is 26.7 Å². The van der Waals surface area contributed by atoms with Gasteiger partial charge < -0.3 is 23.8 Å². The monoisotopic (exact) mass is 489 g/mol. The Morgan fingerprint density at radius 3 is 2.39 bits per heavy atom. The molecule has 36 heavy (non-hydrogen) atoms. The lowest BCUT2D eigenvalue weighted by atomic mass is 10.0. The van der Waals surface area contributed by atoms with E-state index in [9.17, 15) is 4.79 Å². The first-order chi connectivity index (χ1) is 17.5. The van der Waals surface area contributed by atoms with Gasteiger partial charge in [0.15, 0.2) is 6.61 Å². The van der Waals surface area contributed by atoms with E-state index in [0.29, 0.717) is 24.4 Å². The zero-order valence-corrected chi connectivity index (χ0v) is 21.0. The van der Waals surface area contributed by atoms with Gasteiger partial charge >= 0.3 is 5.97 Å². The molecule has 188 valence electrons. The number of benzene rings is 3. The Morgan fingerprint density at radius 1 is 0.889 bits per heavy atom. The molecule has 0 atom stereocenters. The standard InChI is InChI=1S/C29H31NO6/c1-21-17-28(35-19-23-10-8-9-13-26(23)27(20-32-3)29(31)33-4)22(2)16-24(21)18-30-36-15-14-34-25-11-6-5-7-12-25/h5-13,16-18,20H,14-15,19H2,1-4H3. The van der Waals surface area contributed by atoms with E-state index in [4.69, 9.17) is 23.8 Å². The number of methoxy groups -OCH3 is 2. The van der Waals surface area contributed by atoms with E-state index in [1.54, 1.807) is 6.21 Å². The first kappa shape index (κ1) is 26.3. The average Bonchev–Trinajstić information content (AvgIpc) is 2.90. The van der Waals surface area contributed by atoms with Crippen LogP contribution in [0.3, 0.4) is 0 Å². The maximum absolute atomic E-state index is 12.2. The van der Waals surface area contributed by atoms with Gasteiger partial charge in [0.25, 0.3) is 0 Å². The highest BCUT2D eigenvalue weighted by Gasteiger charge is 2.17. The maximum Gasteiger partial charge on any atom is 0.341 e. The molecule has 0 bridgehead atoms. The summed E-state index contributed by atoms with van der Waals surface area (Å²) in [5.74, 6) is 1.06. The largest absolute Gasteiger partial charge is 0.503 e. The minimum Gasteiger partial charge on any atom is -0.503 e. The molecule has 0 amide bonds. The summed E-state index contributed by atoms with van der Waals surface area (Å²) in [5.41, 5.74) is 4.73. The minimum absolute atomic E-state index is 0.270. The maximum atomic E-state index is 12.2. The fraction of sp³-hybridized carbons (Fsp3) is 0.241. The summed E-state index contributed by atoms with van der Waals surface area (Å²) < 4.78 is 21.7. The summed E-state index contributed by atoms with van der Waals surface area (Å²) in [6.45, 7) is 4.97. The van der Waals surface area contributed by atoms with Gasteiger partial charge in [-0.05, 0) is 65.9 Å². The third-order valence-corrected chi connectivity index (χ3v) is 5.35. The highest BCUT2D eigenvalue weighted by molar-refractivity contribution is 6.16. The molecule has 0 fully saturated rings. The second-order valence-corrected chi connectivity index (χ2v) is 7.91. The number of hydrogen-bond donors (Lipinski definition) is 0. The molecule has 0 aliphatic carbocycles. The van der Waals surface area contributed by atoms with Crippen LogP contribution in [0.15, 0.2) is 78.1 Å². The van der Waals surface area contributed by atoms with E-state index in [1.165, 1.54) is 20.5 Å². The van der Waals surface area contributed by atoms with Crippen LogP contribution in [0.4, 0.5) is 0 Å². The Balaban J connectivity index is 1.61. The molecule has 0 saturated carbocycles. The number of oxime groups is 1. The molecule has 3 aromatic rings. The Morgan fingerprint density at radius 2 is 1.64 bits per heavy atom. The van der Waals surface area contributed by atoms with Crippen LogP contribution in [0.25, 0.3) is 5.57 Å². The van der Waals surface area contributed by atoms with E-state index in [2.05, 4.69) is 5.16 Å². The van der Waals surface area contributed by atoms with Crippen molar-refractivity contribution in [2.45, 2.75) is 20.5 Å². The molecule has 0 spiro atoms. The Labute approximate surface area is 211 Å². The third kappa shape index (κ3) is 7.37. The second-order valence-electron chi connectivity index (χ2n) is 7.91. The fourth-order valence-electron chi connectivity index (χ4n) is 3.48. The topological polar surface area (TPSA) is 75.6 Å². The number of aryl methyl sites for hydroxylation is 2. The van der Waals surface area contributed by atoms with E-state index < -0.39 is 5.97 Å². The fourth-order valence-corrected chi connectivity index (χ4v) is 3.48. The summed E-state index contributed by atoms with van der Waals surface area (Å²) >= 11 is 0. The number of esters is 1. The summed E-state index contributed by atoms with van der Waals surface area (Å²) in [5, 5.41) is 4.06. The van der Waals surface area contributed by atoms with Crippen LogP contribution in [0, 0.1) is 13.8 Å². The number of carbonyl (C=O) groups excluding carboxylic acids is 1. The van der Waals surface area contributed by atoms with Crippen LogP contribution in [0.2, 0.25) is 0 Å². The lowest BCUT2D eigenvalue weighted by molar-refractivity contribution is -0.133. The van der Waals surface area contributed by atoms with Crippen molar-refractivity contribution in [1.29, 1.82) is 0 Å². The third-order valence-electron chi connectivity index (χ3n) is 5.35. The van der Waals surface area contributed by atoms with Crippen molar-refractivity contribution in [3.63, 3.8) is 0 Å². The molecule has 7 heteroatoms. The highest BCUT2D eigenvalue weighted by Crippen LogP contribution is 2.26. The molecule has 0 aromatic heterocycles. The average molecular weight is 490 g/mol. The van der Waals surface area contributed by atoms with Crippen molar-refractivity contribution >= 4 is 17.8 Å². The van der Waals surface area contributed by atoms with Crippen LogP contribution in [0.5, 0.6) is 11.5 Å². The van der Waals surface area contributed by atoms with Gasteiger partial charge in [0.1, 0.15) is 30.3 Å². The molecular weight excluding hydrogens is 458 g/mol. The van der Waals surface area contributed by atoms with Crippen molar-refractivity contribution in [3.8, 4) is 11.5 Å². The van der Waals surface area contributed by atoms with Gasteiger partial charge in [-0.15, -0.1) is 0 Å². The van der Waals surface area contributed by atoms with Gasteiger partial charge in [-0.3, -0.25) is 0 Å². The first-order valence-electron chi connectivity index (χ1n) is 11.5. The molecule has 0 saturated heterocycles. The highest BCUT2D eigenvalue weighted by atomic mass is 16.6. The van der Waals surface area contributed by atoms with Gasteiger partial charge in [0.2, 0.25) is 0 Å². The van der Waals surface area contributed by atoms with Gasteiger partial charge in [-0.25, -0.2) is 4.79 Å². The van der Waals surface area contributed by atoms with Crippen LogP contribution in [-0.4, -0.2) is 39.6 Å². The summed E-state index contributed by atoms with van der Waals surface area (Å²) in [6.07, 6.45) is 3.06. The van der Waals surface area contributed by atoms with Crippen molar-refractivity contribution in [3.05, 3.63) is 101 Å². The Bertz CT molecular complexity index is 1200. The normalized spacial score (nSPS) is 11.3. The molecule has 0 aliphatic heterocycles. The molecule has 0 aliphatic rings. The molecule has 0 unspecified atom stereocenters. The molecular formula is C29H31NO6. The van der Waals surface area contributed by atoms with Crippen LogP contribution >= 0.6 is 0 Å². The summed E-state index contributed by atoms with van der Waals surface area (Å²) in [6, 6.07) is 21.0. The van der Waals surface area contributed by atoms with Gasteiger partial charge in [0, 0.05) is 0 Å². The molecule has 0 N–H and O–H groups in total. The lowest BCUT2D eigenvalue weighted by Crippen LogP contribution is -2.08. The number of carbonyl (C=O) groups is 1. The zero-order chi connectivity index (χ0) is 25.8. The number of rotatable bonds is 12. The molecule has 7 nitrogen and oxygen atoms in total. The second kappa shape index (κ2) is 13.6. The smallest absolute Gasteiger partial charge is 0.341 e. The van der Waals surface area contributed by atoms with Gasteiger partial charge in [-0.2, -0.15) is 0 Å². The quantitative estimate of drug-likeness (QED) is 0.0838. The van der Waals surface area contributed by atoms with Gasteiger partial charge in [-0.1, -0.05) is 47.6 Å². The Hall–Kier alpha value is -4.26. The molecule has 3 aromatic carbocycles. The van der Waals surface area contributed by atoms with Crippen molar-refractivity contribution in [2.24, 2.45) is 5.16 Å². The van der Waals surface area contributed by atoms with Crippen molar-refractivity contribution in [2.75, 3.05) is 27.4 Å². The zero-order valence-electron chi connectivity index (χ0n) is 21.0. The first-order valence-corrected chi connectivity index (χ1v) is 11.5. The summed E-state index contributed by atoms with van der Waals surface area (Å²) in [4.78, 5) is 17.6. The number of ether oxygens (including phenoxy) is 4. The lowest BCUT2D eigenvalue weighted by Gasteiger charge is -2.15. The number of nitrogens with zero attached hydrogens (tertiary/aromatic N) is 1. The molecule has 0 heterocycles. The number of para-hydroxylation sites is 1. The van der Waals surface area contributed by atoms with Crippen LogP contribution in [0.1, 0.15) is 27.8 Å². The van der Waals surface area contributed by atoms with E-state index in [-0.39, 0.29) is 6.61 Å². The molecule has 0 radical (unpaired) electrons. The number of hydrogen-bond acceptors (Lipinski definition) is 7. The van der Waals surface area contributed by atoms with E-state index in [1.807, 2.05) is 80.6 Å². The SMILES string of the molecule is COC=C(C(=O)OC)c1ccccc1COc1cc(C)c(C=NOCCOc2ccccc2)cc1C. The van der Waals surface area contributed by atoms with Crippen molar-refractivity contribution < 1.29 is 28.6 Å². The predicted molar refractivity (Wildman–Crippen MR) is 139 cm³/mol. The minimum atomic E-state index is -0.478. The van der Waals surface area contributed by atoms with E-state index >= 15 is 0 Å². The summed E-state index contributed by atoms with van der Waals surface area (Å²) in [7, 11) is 2.83. The predicted octanol–water partition coefficient (Wildman–Crippen LogP) is 5.47. The van der Waals surface area contributed by atoms with Crippen LogP contribution < -0.4 is 9.47 Å². The van der Waals surface area contributed by atoms with Crippen molar-refractivity contribution in [1.82, 2.24) is 0 Å². The van der Waals surface area contributed by atoms with Crippen LogP contribution in [-0.2, 0) is 25.7 Å². The molecule has 3 rings (SSSR count).